The molecule has 1 fully saturated rings. The maximum absolute atomic E-state index is 11.9. The van der Waals surface area contributed by atoms with Crippen LogP contribution in [0, 0.1) is 22.7 Å². The lowest BCUT2D eigenvalue weighted by atomic mass is 10.1. The predicted molar refractivity (Wildman–Crippen MR) is 94.3 cm³/mol. The molecule has 1 aliphatic rings. The molecule has 0 saturated carbocycles. The lowest BCUT2D eigenvalue weighted by molar-refractivity contribution is -0.128. The predicted octanol–water partition coefficient (Wildman–Crippen LogP) is 3.16. The van der Waals surface area contributed by atoms with E-state index in [2.05, 4.69) is 17.5 Å². The van der Waals surface area contributed by atoms with Gasteiger partial charge in [0.25, 0.3) is 0 Å². The Morgan fingerprint density at radius 2 is 1.68 bits per heavy atom. The second-order valence-corrected chi connectivity index (χ2v) is 5.99. The smallest absolute Gasteiger partial charge is 0.222 e. The summed E-state index contributed by atoms with van der Waals surface area (Å²) in [4.78, 5) is 13.8. The molecule has 1 saturated heterocycles. The molecule has 0 unspecified atom stereocenters. The van der Waals surface area contributed by atoms with Crippen LogP contribution in [0.2, 0.25) is 0 Å². The summed E-state index contributed by atoms with van der Waals surface area (Å²) in [6, 6.07) is 17.3. The first kappa shape index (κ1) is 16.5. The quantitative estimate of drug-likeness (QED) is 0.913. The number of carbonyl (C=O) groups is 1. The molecule has 3 rings (SSSR count). The van der Waals surface area contributed by atoms with Crippen LogP contribution < -0.4 is 5.32 Å². The average molecular weight is 330 g/mol. The fourth-order valence-electron chi connectivity index (χ4n) is 3.07. The van der Waals surface area contributed by atoms with Gasteiger partial charge in [0, 0.05) is 26.1 Å². The Labute approximate surface area is 147 Å². The molecule has 1 aliphatic heterocycles. The fraction of sp³-hybridized carbons (Fsp3) is 0.250. The van der Waals surface area contributed by atoms with E-state index in [0.29, 0.717) is 36.3 Å². The molecule has 2 aromatic rings. The van der Waals surface area contributed by atoms with Crippen molar-refractivity contribution >= 4 is 11.6 Å². The van der Waals surface area contributed by atoms with Crippen LogP contribution in [-0.2, 0) is 17.9 Å². The van der Waals surface area contributed by atoms with Gasteiger partial charge in [0.2, 0.25) is 5.91 Å². The van der Waals surface area contributed by atoms with Gasteiger partial charge < -0.3 is 10.2 Å². The maximum atomic E-state index is 11.9. The van der Waals surface area contributed by atoms with Crippen molar-refractivity contribution < 1.29 is 4.79 Å². The van der Waals surface area contributed by atoms with Gasteiger partial charge in [-0.2, -0.15) is 10.5 Å². The van der Waals surface area contributed by atoms with Crippen LogP contribution in [0.15, 0.2) is 42.5 Å². The van der Waals surface area contributed by atoms with E-state index in [0.717, 1.165) is 24.1 Å². The Morgan fingerprint density at radius 3 is 2.28 bits per heavy atom. The van der Waals surface area contributed by atoms with Crippen LogP contribution in [0.5, 0.6) is 0 Å². The lowest BCUT2D eigenvalue weighted by Gasteiger charge is -2.19. The molecule has 0 spiro atoms. The molecular formula is C20H18N4O. The molecule has 0 bridgehead atoms. The van der Waals surface area contributed by atoms with Crippen molar-refractivity contribution in [3.63, 3.8) is 0 Å². The highest BCUT2D eigenvalue weighted by atomic mass is 16.2. The van der Waals surface area contributed by atoms with E-state index in [1.165, 1.54) is 0 Å². The van der Waals surface area contributed by atoms with E-state index in [9.17, 15) is 15.3 Å². The number of anilines is 1. The van der Waals surface area contributed by atoms with Crippen LogP contribution in [0.3, 0.4) is 0 Å². The number of carbonyl (C=O) groups excluding carboxylic acids is 1. The molecule has 0 atom stereocenters. The molecule has 5 heteroatoms. The zero-order valence-electron chi connectivity index (χ0n) is 13.8. The summed E-state index contributed by atoms with van der Waals surface area (Å²) in [6.45, 7) is 1.89. The standard InChI is InChI=1S/C20H18N4O/c21-11-15-7-3-8-16(12-22)20(15)23-13-17-5-1-2-6-18(17)14-24-10-4-9-19(24)25/h1-3,5-8,23H,4,9-10,13-14H2. The lowest BCUT2D eigenvalue weighted by Crippen LogP contribution is -2.24. The molecule has 0 aliphatic carbocycles. The van der Waals surface area contributed by atoms with E-state index in [1.54, 1.807) is 18.2 Å². The van der Waals surface area contributed by atoms with Crippen LogP contribution in [0.4, 0.5) is 5.69 Å². The Bertz CT molecular complexity index is 844. The molecule has 1 N–H and O–H groups in total. The van der Waals surface area contributed by atoms with E-state index < -0.39 is 0 Å². The van der Waals surface area contributed by atoms with Gasteiger partial charge in [-0.25, -0.2) is 0 Å². The highest BCUT2D eigenvalue weighted by Gasteiger charge is 2.21. The highest BCUT2D eigenvalue weighted by molar-refractivity contribution is 5.78. The molecule has 0 aromatic heterocycles. The number of nitrogens with one attached hydrogen (secondary N) is 1. The van der Waals surface area contributed by atoms with Gasteiger partial charge in [-0.15, -0.1) is 0 Å². The first-order valence-corrected chi connectivity index (χ1v) is 8.24. The summed E-state index contributed by atoms with van der Waals surface area (Å²) < 4.78 is 0. The van der Waals surface area contributed by atoms with Gasteiger partial charge in [-0.3, -0.25) is 4.79 Å². The topological polar surface area (TPSA) is 79.9 Å². The third kappa shape index (κ3) is 3.62. The zero-order chi connectivity index (χ0) is 17.6. The third-order valence-corrected chi connectivity index (χ3v) is 4.41. The minimum atomic E-state index is 0.198. The largest absolute Gasteiger partial charge is 0.379 e. The second-order valence-electron chi connectivity index (χ2n) is 5.99. The third-order valence-electron chi connectivity index (χ3n) is 4.41. The van der Waals surface area contributed by atoms with Crippen molar-refractivity contribution in [1.29, 1.82) is 10.5 Å². The van der Waals surface area contributed by atoms with Gasteiger partial charge in [-0.05, 0) is 29.7 Å². The van der Waals surface area contributed by atoms with Gasteiger partial charge in [-0.1, -0.05) is 30.3 Å². The highest BCUT2D eigenvalue weighted by Crippen LogP contribution is 2.22. The van der Waals surface area contributed by atoms with E-state index in [-0.39, 0.29) is 5.91 Å². The van der Waals surface area contributed by atoms with Crippen LogP contribution >= 0.6 is 0 Å². The van der Waals surface area contributed by atoms with E-state index in [1.807, 2.05) is 29.2 Å². The van der Waals surface area contributed by atoms with Crippen molar-refractivity contribution in [2.75, 3.05) is 11.9 Å². The minimum Gasteiger partial charge on any atom is -0.379 e. The Hall–Kier alpha value is -3.31. The van der Waals surface area contributed by atoms with Gasteiger partial charge in [0.05, 0.1) is 16.8 Å². The molecule has 1 heterocycles. The summed E-state index contributed by atoms with van der Waals surface area (Å²) in [5.41, 5.74) is 3.59. The number of nitriles is 2. The molecule has 5 nitrogen and oxygen atoms in total. The zero-order valence-corrected chi connectivity index (χ0v) is 13.8. The van der Waals surface area contributed by atoms with Crippen LogP contribution in [-0.4, -0.2) is 17.4 Å². The van der Waals surface area contributed by atoms with Crippen molar-refractivity contribution in [2.45, 2.75) is 25.9 Å². The monoisotopic (exact) mass is 330 g/mol. The summed E-state index contributed by atoms with van der Waals surface area (Å²) in [5, 5.41) is 21.8. The average Bonchev–Trinajstić information content (AvgIpc) is 3.05. The van der Waals surface area contributed by atoms with Crippen molar-refractivity contribution in [3.05, 3.63) is 64.7 Å². The normalized spacial score (nSPS) is 13.4. The minimum absolute atomic E-state index is 0.198. The SMILES string of the molecule is N#Cc1cccc(C#N)c1NCc1ccccc1CN1CCCC1=O. The summed E-state index contributed by atoms with van der Waals surface area (Å²) >= 11 is 0. The fourth-order valence-corrected chi connectivity index (χ4v) is 3.07. The Kier molecular flexibility index (Phi) is 4.97. The molecule has 0 radical (unpaired) electrons. The van der Waals surface area contributed by atoms with E-state index >= 15 is 0 Å². The molecule has 25 heavy (non-hydrogen) atoms. The van der Waals surface area contributed by atoms with Crippen molar-refractivity contribution in [1.82, 2.24) is 4.90 Å². The Balaban J connectivity index is 1.80. The summed E-state index contributed by atoms with van der Waals surface area (Å²) in [5.74, 6) is 0.198. The summed E-state index contributed by atoms with van der Waals surface area (Å²) in [7, 11) is 0. The van der Waals surface area contributed by atoms with Gasteiger partial charge in [0.1, 0.15) is 12.1 Å². The number of rotatable bonds is 5. The molecule has 2 aromatic carbocycles. The number of hydrogen-bond acceptors (Lipinski definition) is 4. The number of nitrogens with zero attached hydrogens (tertiary/aromatic N) is 3. The van der Waals surface area contributed by atoms with E-state index in [4.69, 9.17) is 0 Å². The number of likely N-dealkylation sites (tertiary alicyclic amines) is 1. The number of amides is 1. The molecule has 1 amide bonds. The molecular weight excluding hydrogens is 312 g/mol. The van der Waals surface area contributed by atoms with Crippen LogP contribution in [0.25, 0.3) is 0 Å². The molecule has 124 valence electrons. The second kappa shape index (κ2) is 7.51. The van der Waals surface area contributed by atoms with Crippen LogP contribution in [0.1, 0.15) is 35.1 Å². The first-order chi connectivity index (χ1) is 12.2. The Morgan fingerprint density at radius 1 is 1.00 bits per heavy atom. The number of para-hydroxylation sites is 1. The maximum Gasteiger partial charge on any atom is 0.222 e. The van der Waals surface area contributed by atoms with Gasteiger partial charge >= 0.3 is 0 Å². The number of benzene rings is 2. The van der Waals surface area contributed by atoms with Crippen molar-refractivity contribution in [3.8, 4) is 12.1 Å². The van der Waals surface area contributed by atoms with Crippen molar-refractivity contribution in [2.24, 2.45) is 0 Å². The number of hydrogen-bond donors (Lipinski definition) is 1. The first-order valence-electron chi connectivity index (χ1n) is 8.24. The summed E-state index contributed by atoms with van der Waals surface area (Å²) in [6.07, 6.45) is 1.54. The van der Waals surface area contributed by atoms with Gasteiger partial charge in [0.15, 0.2) is 0 Å².